The summed E-state index contributed by atoms with van der Waals surface area (Å²) >= 11 is 1.29. The molecular weight excluding hydrogens is 420 g/mol. The van der Waals surface area contributed by atoms with Gasteiger partial charge in [0.25, 0.3) is 0 Å². The predicted octanol–water partition coefficient (Wildman–Crippen LogP) is 6.82. The Bertz CT molecular complexity index is 999. The van der Waals surface area contributed by atoms with Gasteiger partial charge in [0.2, 0.25) is 0 Å². The zero-order valence-electron chi connectivity index (χ0n) is 18.3. The van der Waals surface area contributed by atoms with Crippen LogP contribution in [0.3, 0.4) is 0 Å². The van der Waals surface area contributed by atoms with E-state index >= 15 is 0 Å². The molecule has 3 aromatic rings. The lowest BCUT2D eigenvalue weighted by atomic mass is 9.89. The van der Waals surface area contributed by atoms with Crippen molar-refractivity contribution in [3.05, 3.63) is 92.8 Å². The van der Waals surface area contributed by atoms with Gasteiger partial charge in [0.05, 0.1) is 4.92 Å². The monoisotopic (exact) mass is 450 g/mol. The summed E-state index contributed by atoms with van der Waals surface area (Å²) in [6, 6.07) is 22.0. The molecule has 0 N–H and O–H groups in total. The summed E-state index contributed by atoms with van der Waals surface area (Å²) in [6.45, 7) is 3.13. The van der Waals surface area contributed by atoms with Crippen LogP contribution in [0.5, 0.6) is 5.75 Å². The highest BCUT2D eigenvalue weighted by molar-refractivity contribution is 7.15. The highest BCUT2D eigenvalue weighted by Gasteiger charge is 2.19. The number of rotatable bonds is 10. The molecular formula is C26H30N2O3S. The Balaban J connectivity index is 1.43. The maximum absolute atomic E-state index is 11.1. The standard InChI is InChI=1S/C26H30N2O3S/c29-28(30)26-15-14-25(32-26)19-27(17-21-8-3-1-4-9-21)18-23-12-7-13-24(16-23)31-20-22-10-5-2-6-11-22/h2,5-7,10-16,21H,1,3-4,8-9,17-20H2. The van der Waals surface area contributed by atoms with E-state index in [1.54, 1.807) is 6.07 Å². The first kappa shape index (κ1) is 22.5. The van der Waals surface area contributed by atoms with Gasteiger partial charge in [0.1, 0.15) is 12.4 Å². The molecule has 0 atom stereocenters. The lowest BCUT2D eigenvalue weighted by molar-refractivity contribution is -0.380. The second kappa shape index (κ2) is 11.2. The fourth-order valence-electron chi connectivity index (χ4n) is 4.42. The Morgan fingerprint density at radius 2 is 1.72 bits per heavy atom. The van der Waals surface area contributed by atoms with Crippen LogP contribution in [0.2, 0.25) is 0 Å². The average molecular weight is 451 g/mol. The molecule has 2 aromatic carbocycles. The fourth-order valence-corrected chi connectivity index (χ4v) is 5.29. The van der Waals surface area contributed by atoms with E-state index in [2.05, 4.69) is 29.2 Å². The summed E-state index contributed by atoms with van der Waals surface area (Å²) < 4.78 is 6.02. The molecule has 0 radical (unpaired) electrons. The largest absolute Gasteiger partial charge is 0.489 e. The zero-order valence-corrected chi connectivity index (χ0v) is 19.1. The number of ether oxygens (including phenoxy) is 1. The molecule has 0 bridgehead atoms. The van der Waals surface area contributed by atoms with Gasteiger partial charge in [-0.25, -0.2) is 0 Å². The first-order valence-electron chi connectivity index (χ1n) is 11.4. The third-order valence-corrected chi connectivity index (χ3v) is 7.02. The van der Waals surface area contributed by atoms with Crippen LogP contribution in [0.25, 0.3) is 0 Å². The van der Waals surface area contributed by atoms with Crippen molar-refractivity contribution in [2.75, 3.05) is 6.54 Å². The first-order valence-corrected chi connectivity index (χ1v) is 12.2. The summed E-state index contributed by atoms with van der Waals surface area (Å²) in [5, 5.41) is 11.3. The summed E-state index contributed by atoms with van der Waals surface area (Å²) in [5.74, 6) is 1.58. The van der Waals surface area contributed by atoms with Crippen LogP contribution in [-0.2, 0) is 19.7 Å². The molecule has 0 unspecified atom stereocenters. The summed E-state index contributed by atoms with van der Waals surface area (Å²) in [6.07, 6.45) is 6.52. The van der Waals surface area contributed by atoms with Gasteiger partial charge in [0.15, 0.2) is 0 Å². The topological polar surface area (TPSA) is 55.6 Å². The molecule has 6 heteroatoms. The van der Waals surface area contributed by atoms with Crippen LogP contribution in [0, 0.1) is 16.0 Å². The van der Waals surface area contributed by atoms with Gasteiger partial charge in [-0.2, -0.15) is 0 Å². The molecule has 0 aliphatic heterocycles. The number of thiophene rings is 1. The normalized spacial score (nSPS) is 14.5. The minimum atomic E-state index is -0.298. The SMILES string of the molecule is O=[N+]([O-])c1ccc(CN(Cc2cccc(OCc3ccccc3)c2)CC2CCCCC2)s1. The highest BCUT2D eigenvalue weighted by atomic mass is 32.1. The van der Waals surface area contributed by atoms with Crippen molar-refractivity contribution < 1.29 is 9.66 Å². The molecule has 1 aliphatic rings. The van der Waals surface area contributed by atoms with Crippen LogP contribution >= 0.6 is 11.3 Å². The maximum Gasteiger partial charge on any atom is 0.324 e. The van der Waals surface area contributed by atoms with Gasteiger partial charge in [-0.05, 0) is 48.1 Å². The van der Waals surface area contributed by atoms with Crippen molar-refractivity contribution in [3.63, 3.8) is 0 Å². The molecule has 0 saturated heterocycles. The molecule has 32 heavy (non-hydrogen) atoms. The molecule has 5 nitrogen and oxygen atoms in total. The third kappa shape index (κ3) is 6.65. The van der Waals surface area contributed by atoms with E-state index in [0.717, 1.165) is 35.8 Å². The number of nitrogens with zero attached hydrogens (tertiary/aromatic N) is 2. The Labute approximate surface area is 193 Å². The molecule has 4 rings (SSSR count). The maximum atomic E-state index is 11.1. The molecule has 168 valence electrons. The van der Waals surface area contributed by atoms with Gasteiger partial charge in [0, 0.05) is 30.6 Å². The van der Waals surface area contributed by atoms with E-state index in [4.69, 9.17) is 4.74 Å². The molecule has 1 aromatic heterocycles. The first-order chi connectivity index (χ1) is 15.7. The van der Waals surface area contributed by atoms with E-state index < -0.39 is 0 Å². The number of hydrogen-bond donors (Lipinski definition) is 0. The van der Waals surface area contributed by atoms with Gasteiger partial charge in [-0.3, -0.25) is 15.0 Å². The Hall–Kier alpha value is -2.70. The molecule has 0 spiro atoms. The molecule has 1 aliphatic carbocycles. The summed E-state index contributed by atoms with van der Waals surface area (Å²) in [5.41, 5.74) is 2.36. The molecule has 1 heterocycles. The quantitative estimate of drug-likeness (QED) is 0.251. The second-order valence-electron chi connectivity index (χ2n) is 8.59. The van der Waals surface area contributed by atoms with E-state index in [0.29, 0.717) is 12.5 Å². The van der Waals surface area contributed by atoms with Crippen molar-refractivity contribution in [1.29, 1.82) is 0 Å². The van der Waals surface area contributed by atoms with Gasteiger partial charge >= 0.3 is 5.00 Å². The molecule has 0 amide bonds. The van der Waals surface area contributed by atoms with Crippen LogP contribution in [-0.4, -0.2) is 16.4 Å². The Morgan fingerprint density at radius 1 is 0.938 bits per heavy atom. The van der Waals surface area contributed by atoms with E-state index in [9.17, 15) is 10.1 Å². The van der Waals surface area contributed by atoms with E-state index in [1.807, 2.05) is 36.4 Å². The zero-order chi connectivity index (χ0) is 22.2. The van der Waals surface area contributed by atoms with Crippen molar-refractivity contribution in [1.82, 2.24) is 4.90 Å². The molecule has 1 fully saturated rings. The van der Waals surface area contributed by atoms with Gasteiger partial charge < -0.3 is 4.74 Å². The average Bonchev–Trinajstić information content (AvgIpc) is 3.28. The van der Waals surface area contributed by atoms with Crippen molar-refractivity contribution in [2.24, 2.45) is 5.92 Å². The van der Waals surface area contributed by atoms with Crippen molar-refractivity contribution >= 4 is 16.3 Å². The van der Waals surface area contributed by atoms with Gasteiger partial charge in [-0.1, -0.05) is 73.1 Å². The van der Waals surface area contributed by atoms with E-state index in [-0.39, 0.29) is 9.92 Å². The van der Waals surface area contributed by atoms with Crippen LogP contribution in [0.15, 0.2) is 66.7 Å². The van der Waals surface area contributed by atoms with Crippen molar-refractivity contribution in [2.45, 2.75) is 51.8 Å². The summed E-state index contributed by atoms with van der Waals surface area (Å²) in [7, 11) is 0. The lowest BCUT2D eigenvalue weighted by Gasteiger charge is -2.29. The van der Waals surface area contributed by atoms with E-state index in [1.165, 1.54) is 49.0 Å². The second-order valence-corrected chi connectivity index (χ2v) is 9.74. The van der Waals surface area contributed by atoms with Crippen LogP contribution < -0.4 is 4.74 Å². The fraction of sp³-hybridized carbons (Fsp3) is 0.385. The van der Waals surface area contributed by atoms with Crippen LogP contribution in [0.4, 0.5) is 5.00 Å². The predicted molar refractivity (Wildman–Crippen MR) is 129 cm³/mol. The molecule has 1 saturated carbocycles. The third-order valence-electron chi connectivity index (χ3n) is 6.00. The number of benzene rings is 2. The smallest absolute Gasteiger partial charge is 0.324 e. The summed E-state index contributed by atoms with van der Waals surface area (Å²) in [4.78, 5) is 14.3. The minimum absolute atomic E-state index is 0.217. The highest BCUT2D eigenvalue weighted by Crippen LogP contribution is 2.29. The van der Waals surface area contributed by atoms with Crippen LogP contribution in [0.1, 0.15) is 48.1 Å². The van der Waals surface area contributed by atoms with Crippen molar-refractivity contribution in [3.8, 4) is 5.75 Å². The number of hydrogen-bond acceptors (Lipinski definition) is 5. The number of nitro groups is 1. The minimum Gasteiger partial charge on any atom is -0.489 e. The lowest BCUT2D eigenvalue weighted by Crippen LogP contribution is -2.29. The Morgan fingerprint density at radius 3 is 2.47 bits per heavy atom. The van der Waals surface area contributed by atoms with Gasteiger partial charge in [-0.15, -0.1) is 0 Å². The Kier molecular flexibility index (Phi) is 7.91.